The summed E-state index contributed by atoms with van der Waals surface area (Å²) in [4.78, 5) is 11.0. The minimum Gasteiger partial charge on any atom is -0.481 e. The first-order valence-corrected chi connectivity index (χ1v) is 5.54. The zero-order chi connectivity index (χ0) is 10.6. The topological polar surface area (TPSA) is 49.3 Å². The number of rotatable bonds is 4. The maximum Gasteiger partial charge on any atom is 0.306 e. The van der Waals surface area contributed by atoms with Crippen LogP contribution in [0.1, 0.15) is 33.1 Å². The summed E-state index contributed by atoms with van der Waals surface area (Å²) >= 11 is 0. The largest absolute Gasteiger partial charge is 0.481 e. The number of carboxylic acid groups (broad SMARTS) is 1. The molecule has 0 saturated carbocycles. The van der Waals surface area contributed by atoms with Crippen molar-refractivity contribution in [3.8, 4) is 0 Å². The van der Waals surface area contributed by atoms with Gasteiger partial charge >= 0.3 is 5.97 Å². The SMILES string of the molecule is CC(C)C(CC1CCNCC1)C(=O)O. The van der Waals surface area contributed by atoms with Crippen molar-refractivity contribution in [1.29, 1.82) is 0 Å². The predicted molar refractivity (Wildman–Crippen MR) is 56.2 cm³/mol. The van der Waals surface area contributed by atoms with Gasteiger partial charge in [0.25, 0.3) is 0 Å². The highest BCUT2D eigenvalue weighted by Crippen LogP contribution is 2.25. The molecule has 0 amide bonds. The number of carbonyl (C=O) groups is 1. The average molecular weight is 199 g/mol. The molecule has 1 heterocycles. The molecule has 0 bridgehead atoms. The van der Waals surface area contributed by atoms with E-state index in [1.165, 1.54) is 0 Å². The van der Waals surface area contributed by atoms with E-state index in [0.29, 0.717) is 5.92 Å². The van der Waals surface area contributed by atoms with Gasteiger partial charge in [0, 0.05) is 0 Å². The smallest absolute Gasteiger partial charge is 0.306 e. The highest BCUT2D eigenvalue weighted by Gasteiger charge is 2.26. The van der Waals surface area contributed by atoms with Crippen molar-refractivity contribution >= 4 is 5.97 Å². The van der Waals surface area contributed by atoms with Crippen LogP contribution < -0.4 is 5.32 Å². The summed E-state index contributed by atoms with van der Waals surface area (Å²) in [6.07, 6.45) is 3.13. The zero-order valence-electron chi connectivity index (χ0n) is 9.12. The van der Waals surface area contributed by atoms with Crippen molar-refractivity contribution in [2.75, 3.05) is 13.1 Å². The van der Waals surface area contributed by atoms with Gasteiger partial charge in [-0.1, -0.05) is 13.8 Å². The standard InChI is InChI=1S/C11H21NO2/c1-8(2)10(11(13)14)7-9-3-5-12-6-4-9/h8-10,12H,3-7H2,1-2H3,(H,13,14). The van der Waals surface area contributed by atoms with E-state index in [1.54, 1.807) is 0 Å². The van der Waals surface area contributed by atoms with Crippen LogP contribution in [0.15, 0.2) is 0 Å². The Morgan fingerprint density at radius 2 is 2.00 bits per heavy atom. The molecule has 0 aromatic heterocycles. The molecular formula is C11H21NO2. The molecule has 1 aliphatic rings. The quantitative estimate of drug-likeness (QED) is 0.725. The Balaban J connectivity index is 2.41. The van der Waals surface area contributed by atoms with Gasteiger partial charge < -0.3 is 10.4 Å². The molecule has 3 nitrogen and oxygen atoms in total. The van der Waals surface area contributed by atoms with Gasteiger partial charge in [-0.15, -0.1) is 0 Å². The Morgan fingerprint density at radius 3 is 2.43 bits per heavy atom. The van der Waals surface area contributed by atoms with Crippen LogP contribution in [0.4, 0.5) is 0 Å². The van der Waals surface area contributed by atoms with Gasteiger partial charge in [-0.05, 0) is 44.2 Å². The van der Waals surface area contributed by atoms with Crippen molar-refractivity contribution in [2.24, 2.45) is 17.8 Å². The summed E-state index contributed by atoms with van der Waals surface area (Å²) in [6.45, 7) is 6.10. The lowest BCUT2D eigenvalue weighted by atomic mass is 9.82. The molecule has 1 unspecified atom stereocenters. The lowest BCUT2D eigenvalue weighted by Gasteiger charge is -2.26. The molecule has 1 fully saturated rings. The third-order valence-corrected chi connectivity index (χ3v) is 3.17. The third-order valence-electron chi connectivity index (χ3n) is 3.17. The van der Waals surface area contributed by atoms with E-state index in [4.69, 9.17) is 5.11 Å². The van der Waals surface area contributed by atoms with E-state index in [9.17, 15) is 4.79 Å². The van der Waals surface area contributed by atoms with Crippen LogP contribution in [-0.4, -0.2) is 24.2 Å². The number of piperidine rings is 1. The minimum atomic E-state index is -0.626. The fourth-order valence-corrected chi connectivity index (χ4v) is 2.13. The first-order chi connectivity index (χ1) is 6.61. The van der Waals surface area contributed by atoms with Crippen LogP contribution in [0, 0.1) is 17.8 Å². The molecule has 0 aromatic carbocycles. The Hall–Kier alpha value is -0.570. The second-order valence-electron chi connectivity index (χ2n) is 4.62. The van der Waals surface area contributed by atoms with Crippen molar-refractivity contribution < 1.29 is 9.90 Å². The second kappa shape index (κ2) is 5.35. The summed E-state index contributed by atoms with van der Waals surface area (Å²) in [6, 6.07) is 0. The maximum atomic E-state index is 11.0. The molecule has 2 N–H and O–H groups in total. The lowest BCUT2D eigenvalue weighted by molar-refractivity contribution is -0.144. The number of aliphatic carboxylic acids is 1. The van der Waals surface area contributed by atoms with Crippen LogP contribution in [0.25, 0.3) is 0 Å². The van der Waals surface area contributed by atoms with Gasteiger partial charge in [0.05, 0.1) is 5.92 Å². The second-order valence-corrected chi connectivity index (χ2v) is 4.62. The summed E-state index contributed by atoms with van der Waals surface area (Å²) in [5, 5.41) is 12.4. The van der Waals surface area contributed by atoms with E-state index < -0.39 is 5.97 Å². The summed E-state index contributed by atoms with van der Waals surface area (Å²) in [7, 11) is 0. The van der Waals surface area contributed by atoms with E-state index in [2.05, 4.69) is 5.32 Å². The van der Waals surface area contributed by atoms with Crippen LogP contribution in [0.5, 0.6) is 0 Å². The fourth-order valence-electron chi connectivity index (χ4n) is 2.13. The first kappa shape index (κ1) is 11.5. The zero-order valence-corrected chi connectivity index (χ0v) is 9.12. The molecule has 1 aliphatic heterocycles. The predicted octanol–water partition coefficient (Wildman–Crippen LogP) is 1.73. The summed E-state index contributed by atoms with van der Waals surface area (Å²) in [5.41, 5.74) is 0. The van der Waals surface area contributed by atoms with Gasteiger partial charge in [-0.3, -0.25) is 4.79 Å². The van der Waals surface area contributed by atoms with Crippen LogP contribution in [0.2, 0.25) is 0 Å². The van der Waals surface area contributed by atoms with Gasteiger partial charge in [0.15, 0.2) is 0 Å². The van der Waals surface area contributed by atoms with E-state index in [-0.39, 0.29) is 11.8 Å². The van der Waals surface area contributed by atoms with Crippen LogP contribution >= 0.6 is 0 Å². The third kappa shape index (κ3) is 3.29. The number of hydrogen-bond acceptors (Lipinski definition) is 2. The molecule has 82 valence electrons. The molecule has 3 heteroatoms. The molecule has 1 saturated heterocycles. The normalized spacial score (nSPS) is 21.1. The van der Waals surface area contributed by atoms with Crippen molar-refractivity contribution in [3.05, 3.63) is 0 Å². The molecule has 1 atom stereocenters. The highest BCUT2D eigenvalue weighted by atomic mass is 16.4. The highest BCUT2D eigenvalue weighted by molar-refractivity contribution is 5.70. The van der Waals surface area contributed by atoms with E-state index in [1.807, 2.05) is 13.8 Å². The molecule has 1 rings (SSSR count). The Kier molecular flexibility index (Phi) is 4.39. The van der Waals surface area contributed by atoms with Gasteiger partial charge in [-0.2, -0.15) is 0 Å². The fraction of sp³-hybridized carbons (Fsp3) is 0.909. The van der Waals surface area contributed by atoms with Gasteiger partial charge in [0.2, 0.25) is 0 Å². The van der Waals surface area contributed by atoms with Crippen molar-refractivity contribution in [1.82, 2.24) is 5.32 Å². The molecule has 0 aromatic rings. The molecule has 0 aliphatic carbocycles. The van der Waals surface area contributed by atoms with Gasteiger partial charge in [0.1, 0.15) is 0 Å². The number of hydrogen-bond donors (Lipinski definition) is 2. The molecule has 0 radical (unpaired) electrons. The Bertz CT molecular complexity index is 186. The van der Waals surface area contributed by atoms with Crippen molar-refractivity contribution in [3.63, 3.8) is 0 Å². The minimum absolute atomic E-state index is 0.155. The molecule has 14 heavy (non-hydrogen) atoms. The Labute approximate surface area is 85.9 Å². The van der Waals surface area contributed by atoms with Gasteiger partial charge in [-0.25, -0.2) is 0 Å². The molecule has 0 spiro atoms. The number of nitrogens with one attached hydrogen (secondary N) is 1. The molecular weight excluding hydrogens is 178 g/mol. The summed E-state index contributed by atoms with van der Waals surface area (Å²) < 4.78 is 0. The Morgan fingerprint density at radius 1 is 1.43 bits per heavy atom. The first-order valence-electron chi connectivity index (χ1n) is 5.54. The van der Waals surface area contributed by atoms with Crippen LogP contribution in [0.3, 0.4) is 0 Å². The monoisotopic (exact) mass is 199 g/mol. The van der Waals surface area contributed by atoms with Crippen molar-refractivity contribution in [2.45, 2.75) is 33.1 Å². The lowest BCUT2D eigenvalue weighted by Crippen LogP contribution is -2.31. The van der Waals surface area contributed by atoms with Crippen LogP contribution in [-0.2, 0) is 4.79 Å². The maximum absolute atomic E-state index is 11.0. The average Bonchev–Trinajstić information content (AvgIpc) is 2.15. The van der Waals surface area contributed by atoms with E-state index in [0.717, 1.165) is 32.4 Å². The summed E-state index contributed by atoms with van der Waals surface area (Å²) in [5.74, 6) is 0.0822. The van der Waals surface area contributed by atoms with E-state index >= 15 is 0 Å². The number of carboxylic acids is 1.